The van der Waals surface area contributed by atoms with Gasteiger partial charge in [-0.1, -0.05) is 30.7 Å². The minimum absolute atomic E-state index is 0.178. The molecule has 0 saturated carbocycles. The fourth-order valence-corrected chi connectivity index (χ4v) is 2.19. The summed E-state index contributed by atoms with van der Waals surface area (Å²) in [5, 5.41) is 0.749. The van der Waals surface area contributed by atoms with Crippen molar-refractivity contribution in [1.29, 1.82) is 0 Å². The summed E-state index contributed by atoms with van der Waals surface area (Å²) in [5.41, 5.74) is 3.06. The number of carbonyl (C=O) groups is 1. The molecule has 0 aliphatic carbocycles. The van der Waals surface area contributed by atoms with Crippen LogP contribution in [0.25, 0.3) is 0 Å². The van der Waals surface area contributed by atoms with Crippen LogP contribution in [0.1, 0.15) is 29.3 Å². The molecule has 2 rings (SSSR count). The van der Waals surface area contributed by atoms with Crippen molar-refractivity contribution in [1.82, 2.24) is 0 Å². The van der Waals surface area contributed by atoms with E-state index in [4.69, 9.17) is 11.6 Å². The van der Waals surface area contributed by atoms with E-state index < -0.39 is 0 Å². The van der Waals surface area contributed by atoms with Gasteiger partial charge in [-0.05, 0) is 42.0 Å². The van der Waals surface area contributed by atoms with Crippen LogP contribution in [0.15, 0.2) is 48.5 Å². The maximum Gasteiger partial charge on any atom is 0.162 e. The second kappa shape index (κ2) is 6.58. The fourth-order valence-electron chi connectivity index (χ4n) is 2.06. The average Bonchev–Trinajstić information content (AvgIpc) is 2.49. The molecule has 20 heavy (non-hydrogen) atoms. The quantitative estimate of drug-likeness (QED) is 0.751. The third kappa shape index (κ3) is 3.61. The van der Waals surface area contributed by atoms with Gasteiger partial charge in [0.1, 0.15) is 0 Å². The van der Waals surface area contributed by atoms with Crippen LogP contribution in [0.5, 0.6) is 0 Å². The van der Waals surface area contributed by atoms with Crippen LogP contribution in [-0.2, 0) is 6.54 Å². The molecule has 2 aromatic carbocycles. The van der Waals surface area contributed by atoms with Crippen LogP contribution in [0, 0.1) is 0 Å². The number of rotatable bonds is 5. The monoisotopic (exact) mass is 287 g/mol. The lowest BCUT2D eigenvalue weighted by Crippen LogP contribution is -2.16. The molecule has 0 fully saturated rings. The van der Waals surface area contributed by atoms with Gasteiger partial charge >= 0.3 is 0 Å². The van der Waals surface area contributed by atoms with Gasteiger partial charge in [-0.2, -0.15) is 0 Å². The van der Waals surface area contributed by atoms with Crippen LogP contribution in [0.4, 0.5) is 5.69 Å². The van der Waals surface area contributed by atoms with E-state index in [1.54, 1.807) is 0 Å². The van der Waals surface area contributed by atoms with Gasteiger partial charge in [0.2, 0.25) is 0 Å². The predicted molar refractivity (Wildman–Crippen MR) is 84.6 cm³/mol. The van der Waals surface area contributed by atoms with Gasteiger partial charge in [0, 0.05) is 36.3 Å². The Labute approximate surface area is 125 Å². The highest BCUT2D eigenvalue weighted by Crippen LogP contribution is 2.18. The molecule has 0 amide bonds. The van der Waals surface area contributed by atoms with Crippen molar-refractivity contribution in [3.63, 3.8) is 0 Å². The number of nitrogens with zero attached hydrogens (tertiary/aromatic N) is 1. The third-order valence-electron chi connectivity index (χ3n) is 3.28. The van der Waals surface area contributed by atoms with E-state index in [-0.39, 0.29) is 5.78 Å². The Balaban J connectivity index is 2.07. The van der Waals surface area contributed by atoms with Gasteiger partial charge in [-0.3, -0.25) is 4.79 Å². The molecule has 3 heteroatoms. The zero-order valence-electron chi connectivity index (χ0n) is 11.8. The van der Waals surface area contributed by atoms with Crippen LogP contribution in [0.3, 0.4) is 0 Å². The maximum absolute atomic E-state index is 11.6. The molecule has 0 bridgehead atoms. The lowest BCUT2D eigenvalue weighted by atomic mass is 10.1. The summed E-state index contributed by atoms with van der Waals surface area (Å²) in [5.74, 6) is 0.178. The van der Waals surface area contributed by atoms with Crippen molar-refractivity contribution >= 4 is 23.1 Å². The average molecular weight is 288 g/mol. The summed E-state index contributed by atoms with van der Waals surface area (Å²) >= 11 is 5.88. The number of benzene rings is 2. The zero-order chi connectivity index (χ0) is 14.5. The van der Waals surface area contributed by atoms with Gasteiger partial charge in [-0.25, -0.2) is 0 Å². The molecule has 0 aliphatic rings. The molecule has 2 nitrogen and oxygen atoms in total. The number of carbonyl (C=O) groups excluding carboxylic acids is 1. The highest BCUT2D eigenvalue weighted by Gasteiger charge is 2.05. The van der Waals surface area contributed by atoms with Crippen molar-refractivity contribution in [2.75, 3.05) is 11.9 Å². The topological polar surface area (TPSA) is 20.3 Å². The molecular weight excluding hydrogens is 270 g/mol. The van der Waals surface area contributed by atoms with Gasteiger partial charge in [0.25, 0.3) is 0 Å². The number of ketones is 1. The van der Waals surface area contributed by atoms with Crippen molar-refractivity contribution in [2.45, 2.75) is 19.9 Å². The lowest BCUT2D eigenvalue weighted by molar-refractivity contribution is 0.0988. The van der Waals surface area contributed by atoms with Gasteiger partial charge in [-0.15, -0.1) is 0 Å². The minimum atomic E-state index is 0.178. The summed E-state index contributed by atoms with van der Waals surface area (Å²) in [6.45, 7) is 2.68. The smallest absolute Gasteiger partial charge is 0.162 e. The number of hydrogen-bond acceptors (Lipinski definition) is 2. The standard InChI is InChI=1S/C17H18ClNO/c1-3-17(20)14-6-10-16(11-7-14)19(2)12-13-4-8-15(18)9-5-13/h4-11H,3,12H2,1-2H3. The molecule has 104 valence electrons. The van der Waals surface area contributed by atoms with E-state index in [9.17, 15) is 4.79 Å². The molecule has 0 N–H and O–H groups in total. The normalized spacial score (nSPS) is 10.3. The molecule has 2 aromatic rings. The van der Waals surface area contributed by atoms with E-state index >= 15 is 0 Å². The zero-order valence-corrected chi connectivity index (χ0v) is 12.5. The fraction of sp³-hybridized carbons (Fsp3) is 0.235. The van der Waals surface area contributed by atoms with Crippen molar-refractivity contribution < 1.29 is 4.79 Å². The molecule has 0 unspecified atom stereocenters. The number of anilines is 1. The Morgan fingerprint density at radius 2 is 1.65 bits per heavy atom. The first-order valence-corrected chi connectivity index (χ1v) is 7.07. The van der Waals surface area contributed by atoms with E-state index in [1.807, 2.05) is 62.5 Å². The van der Waals surface area contributed by atoms with Crippen molar-refractivity contribution in [3.8, 4) is 0 Å². The first-order valence-electron chi connectivity index (χ1n) is 6.69. The summed E-state index contributed by atoms with van der Waals surface area (Å²) in [7, 11) is 2.03. The number of halogens is 1. The number of hydrogen-bond donors (Lipinski definition) is 0. The molecule has 0 spiro atoms. The lowest BCUT2D eigenvalue weighted by Gasteiger charge is -2.19. The van der Waals surface area contributed by atoms with Gasteiger partial charge in [0.15, 0.2) is 5.78 Å². The summed E-state index contributed by atoms with van der Waals surface area (Å²) in [6.07, 6.45) is 0.542. The number of Topliss-reactive ketones (excluding diaryl/α,β-unsaturated/α-hetero) is 1. The second-order valence-electron chi connectivity index (χ2n) is 4.81. The van der Waals surface area contributed by atoms with Crippen LogP contribution >= 0.6 is 11.6 Å². The summed E-state index contributed by atoms with van der Waals surface area (Å²) < 4.78 is 0. The Hall–Kier alpha value is -1.80. The summed E-state index contributed by atoms with van der Waals surface area (Å²) in [6, 6.07) is 15.6. The molecule has 0 saturated heterocycles. The molecule has 0 heterocycles. The second-order valence-corrected chi connectivity index (χ2v) is 5.24. The first-order chi connectivity index (χ1) is 9.60. The Morgan fingerprint density at radius 1 is 1.05 bits per heavy atom. The molecule has 0 aliphatic heterocycles. The molecular formula is C17H18ClNO. The van der Waals surface area contributed by atoms with Gasteiger partial charge in [0.05, 0.1) is 0 Å². The Kier molecular flexibility index (Phi) is 4.80. The SMILES string of the molecule is CCC(=O)c1ccc(N(C)Cc2ccc(Cl)cc2)cc1. The van der Waals surface area contributed by atoms with Crippen molar-refractivity contribution in [2.24, 2.45) is 0 Å². The molecule has 0 aromatic heterocycles. The predicted octanol–water partition coefficient (Wildman–Crippen LogP) is 4.57. The highest BCUT2D eigenvalue weighted by molar-refractivity contribution is 6.30. The van der Waals surface area contributed by atoms with Gasteiger partial charge < -0.3 is 4.90 Å². The summed E-state index contributed by atoms with van der Waals surface area (Å²) in [4.78, 5) is 13.7. The first kappa shape index (κ1) is 14.6. The van der Waals surface area contributed by atoms with E-state index in [0.717, 1.165) is 22.8 Å². The van der Waals surface area contributed by atoms with E-state index in [2.05, 4.69) is 4.90 Å². The Bertz CT molecular complexity index is 575. The Morgan fingerprint density at radius 3 is 2.20 bits per heavy atom. The van der Waals surface area contributed by atoms with Crippen LogP contribution < -0.4 is 4.90 Å². The van der Waals surface area contributed by atoms with Crippen LogP contribution in [0.2, 0.25) is 5.02 Å². The molecule has 0 atom stereocenters. The third-order valence-corrected chi connectivity index (χ3v) is 3.54. The highest BCUT2D eigenvalue weighted by atomic mass is 35.5. The molecule has 0 radical (unpaired) electrons. The van der Waals surface area contributed by atoms with E-state index in [0.29, 0.717) is 6.42 Å². The minimum Gasteiger partial charge on any atom is -0.370 e. The maximum atomic E-state index is 11.6. The van der Waals surface area contributed by atoms with Crippen LogP contribution in [-0.4, -0.2) is 12.8 Å². The van der Waals surface area contributed by atoms with E-state index in [1.165, 1.54) is 5.56 Å². The van der Waals surface area contributed by atoms with Crippen molar-refractivity contribution in [3.05, 3.63) is 64.7 Å². The largest absolute Gasteiger partial charge is 0.370 e.